The number of halogens is 2. The molecule has 76 valence electrons. The molecule has 0 amide bonds. The van der Waals surface area contributed by atoms with E-state index in [1.807, 2.05) is 0 Å². The molecule has 0 fully saturated rings. The Morgan fingerprint density at radius 3 is 2.79 bits per heavy atom. The van der Waals surface area contributed by atoms with E-state index in [0.29, 0.717) is 4.47 Å². The molecule has 0 saturated heterocycles. The first-order chi connectivity index (χ1) is 6.56. The Kier molecular flexibility index (Phi) is 3.77. The highest BCUT2D eigenvalue weighted by atomic mass is 79.9. The molecule has 4 heteroatoms. The molecular formula is C10H11BrFNO. The summed E-state index contributed by atoms with van der Waals surface area (Å²) in [6.45, 7) is 1.70. The quantitative estimate of drug-likeness (QED) is 0.845. The van der Waals surface area contributed by atoms with Crippen LogP contribution in [0, 0.1) is 5.82 Å². The van der Waals surface area contributed by atoms with Crippen LogP contribution in [0.25, 0.3) is 0 Å². The molecule has 0 aliphatic rings. The number of carbonyl (C=O) groups is 1. The largest absolute Gasteiger partial charge is 0.310 e. The summed E-state index contributed by atoms with van der Waals surface area (Å²) < 4.78 is 13.9. The topological polar surface area (TPSA) is 29.1 Å². The molecule has 0 aliphatic carbocycles. The maximum absolute atomic E-state index is 13.2. The highest BCUT2D eigenvalue weighted by molar-refractivity contribution is 9.10. The smallest absolute Gasteiger partial charge is 0.182 e. The summed E-state index contributed by atoms with van der Waals surface area (Å²) in [5.74, 6) is -0.730. The highest BCUT2D eigenvalue weighted by Gasteiger charge is 2.17. The highest BCUT2D eigenvalue weighted by Crippen LogP contribution is 2.16. The SMILES string of the molecule is CNC(C)C(=O)c1cc(Br)ccc1F. The van der Waals surface area contributed by atoms with Crippen molar-refractivity contribution in [3.05, 3.63) is 34.1 Å². The van der Waals surface area contributed by atoms with Gasteiger partial charge in [0.15, 0.2) is 5.78 Å². The molecule has 0 aliphatic heterocycles. The van der Waals surface area contributed by atoms with Crippen molar-refractivity contribution in [2.24, 2.45) is 0 Å². The molecule has 0 spiro atoms. The van der Waals surface area contributed by atoms with Gasteiger partial charge in [0.1, 0.15) is 5.82 Å². The third-order valence-electron chi connectivity index (χ3n) is 2.02. The third kappa shape index (κ3) is 2.39. The number of benzene rings is 1. The Hall–Kier alpha value is -0.740. The molecule has 1 N–H and O–H groups in total. The monoisotopic (exact) mass is 259 g/mol. The maximum Gasteiger partial charge on any atom is 0.182 e. The number of hydrogen-bond acceptors (Lipinski definition) is 2. The summed E-state index contributed by atoms with van der Waals surface area (Å²) in [4.78, 5) is 11.6. The van der Waals surface area contributed by atoms with Crippen LogP contribution in [-0.4, -0.2) is 18.9 Å². The van der Waals surface area contributed by atoms with Crippen molar-refractivity contribution in [2.75, 3.05) is 7.05 Å². The number of hydrogen-bond donors (Lipinski definition) is 1. The Labute approximate surface area is 90.6 Å². The fourth-order valence-electron chi connectivity index (χ4n) is 1.05. The molecule has 14 heavy (non-hydrogen) atoms. The summed E-state index contributed by atoms with van der Waals surface area (Å²) in [7, 11) is 1.67. The Balaban J connectivity index is 3.06. The number of ketones is 1. The van der Waals surface area contributed by atoms with Crippen molar-refractivity contribution < 1.29 is 9.18 Å². The minimum absolute atomic E-state index is 0.112. The second kappa shape index (κ2) is 4.66. The maximum atomic E-state index is 13.2. The molecule has 1 atom stereocenters. The predicted octanol–water partition coefficient (Wildman–Crippen LogP) is 2.38. The van der Waals surface area contributed by atoms with Gasteiger partial charge in [-0.1, -0.05) is 15.9 Å². The zero-order valence-corrected chi connectivity index (χ0v) is 9.56. The van der Waals surface area contributed by atoms with Crippen LogP contribution in [0.5, 0.6) is 0 Å². The summed E-state index contributed by atoms with van der Waals surface area (Å²) >= 11 is 3.20. The first-order valence-corrected chi connectivity index (χ1v) is 5.02. The zero-order chi connectivity index (χ0) is 10.7. The Morgan fingerprint density at radius 2 is 2.21 bits per heavy atom. The van der Waals surface area contributed by atoms with Gasteiger partial charge >= 0.3 is 0 Å². The van der Waals surface area contributed by atoms with Crippen molar-refractivity contribution in [1.29, 1.82) is 0 Å². The lowest BCUT2D eigenvalue weighted by atomic mass is 10.1. The fraction of sp³-hybridized carbons (Fsp3) is 0.300. The first kappa shape index (κ1) is 11.3. The van der Waals surface area contributed by atoms with E-state index in [0.717, 1.165) is 0 Å². The lowest BCUT2D eigenvalue weighted by molar-refractivity contribution is 0.0951. The normalized spacial score (nSPS) is 12.6. The van der Waals surface area contributed by atoms with E-state index < -0.39 is 5.82 Å². The predicted molar refractivity (Wildman–Crippen MR) is 57.0 cm³/mol. The van der Waals surface area contributed by atoms with Crippen LogP contribution in [0.15, 0.2) is 22.7 Å². The molecule has 1 rings (SSSR count). The van der Waals surface area contributed by atoms with E-state index >= 15 is 0 Å². The number of rotatable bonds is 3. The van der Waals surface area contributed by atoms with Gasteiger partial charge in [0.05, 0.1) is 11.6 Å². The minimum atomic E-state index is -0.486. The Bertz CT molecular complexity index is 354. The summed E-state index contributed by atoms with van der Waals surface area (Å²) in [5, 5.41) is 2.78. The van der Waals surface area contributed by atoms with Gasteiger partial charge in [-0.25, -0.2) is 4.39 Å². The summed E-state index contributed by atoms with van der Waals surface area (Å²) in [6.07, 6.45) is 0. The van der Waals surface area contributed by atoms with Crippen LogP contribution < -0.4 is 5.32 Å². The van der Waals surface area contributed by atoms with Crippen molar-refractivity contribution >= 4 is 21.7 Å². The van der Waals surface area contributed by atoms with Crippen molar-refractivity contribution in [3.8, 4) is 0 Å². The van der Waals surface area contributed by atoms with Crippen LogP contribution in [0.2, 0.25) is 0 Å². The van der Waals surface area contributed by atoms with E-state index in [4.69, 9.17) is 0 Å². The van der Waals surface area contributed by atoms with E-state index in [2.05, 4.69) is 21.2 Å². The molecule has 0 radical (unpaired) electrons. The standard InChI is InChI=1S/C10H11BrFNO/c1-6(13-2)10(14)8-5-7(11)3-4-9(8)12/h3-6,13H,1-2H3. The first-order valence-electron chi connectivity index (χ1n) is 4.22. The summed E-state index contributed by atoms with van der Waals surface area (Å²) in [6, 6.07) is 3.96. The van der Waals surface area contributed by atoms with Crippen LogP contribution >= 0.6 is 15.9 Å². The lowest BCUT2D eigenvalue weighted by Crippen LogP contribution is -2.31. The van der Waals surface area contributed by atoms with Gasteiger partial charge in [0, 0.05) is 4.47 Å². The number of nitrogens with one attached hydrogen (secondary N) is 1. The molecular weight excluding hydrogens is 249 g/mol. The van der Waals surface area contributed by atoms with Gasteiger partial charge in [0.25, 0.3) is 0 Å². The van der Waals surface area contributed by atoms with Gasteiger partial charge < -0.3 is 5.32 Å². The molecule has 0 bridgehead atoms. The molecule has 0 saturated carbocycles. The van der Waals surface area contributed by atoms with Gasteiger partial charge in [-0.2, -0.15) is 0 Å². The van der Waals surface area contributed by atoms with E-state index in [9.17, 15) is 9.18 Å². The third-order valence-corrected chi connectivity index (χ3v) is 2.51. The Morgan fingerprint density at radius 1 is 1.57 bits per heavy atom. The molecule has 1 unspecified atom stereocenters. The van der Waals surface area contributed by atoms with E-state index in [1.165, 1.54) is 12.1 Å². The molecule has 0 heterocycles. The summed E-state index contributed by atoms with van der Waals surface area (Å²) in [5.41, 5.74) is 0.112. The molecule has 1 aromatic rings. The van der Waals surface area contributed by atoms with Crippen molar-refractivity contribution in [1.82, 2.24) is 5.32 Å². The van der Waals surface area contributed by atoms with Gasteiger partial charge in [0.2, 0.25) is 0 Å². The van der Waals surface area contributed by atoms with Gasteiger partial charge in [-0.15, -0.1) is 0 Å². The number of likely N-dealkylation sites (N-methyl/N-ethyl adjacent to an activating group) is 1. The zero-order valence-electron chi connectivity index (χ0n) is 7.97. The van der Waals surface area contributed by atoms with E-state index in [1.54, 1.807) is 20.0 Å². The number of Topliss-reactive ketones (excluding diaryl/α,β-unsaturated/α-hetero) is 1. The number of carbonyl (C=O) groups excluding carboxylic acids is 1. The second-order valence-electron chi connectivity index (χ2n) is 3.00. The van der Waals surface area contributed by atoms with E-state index in [-0.39, 0.29) is 17.4 Å². The lowest BCUT2D eigenvalue weighted by Gasteiger charge is -2.09. The average molecular weight is 260 g/mol. The van der Waals surface area contributed by atoms with Crippen molar-refractivity contribution in [3.63, 3.8) is 0 Å². The van der Waals surface area contributed by atoms with Gasteiger partial charge in [-0.3, -0.25) is 4.79 Å². The fourth-order valence-corrected chi connectivity index (χ4v) is 1.41. The van der Waals surface area contributed by atoms with Crippen LogP contribution in [-0.2, 0) is 0 Å². The molecule has 0 aromatic heterocycles. The van der Waals surface area contributed by atoms with Crippen LogP contribution in [0.3, 0.4) is 0 Å². The van der Waals surface area contributed by atoms with Crippen LogP contribution in [0.1, 0.15) is 17.3 Å². The van der Waals surface area contributed by atoms with Crippen molar-refractivity contribution in [2.45, 2.75) is 13.0 Å². The molecule has 2 nitrogen and oxygen atoms in total. The van der Waals surface area contributed by atoms with Crippen LogP contribution in [0.4, 0.5) is 4.39 Å². The van der Waals surface area contributed by atoms with Gasteiger partial charge in [-0.05, 0) is 32.2 Å². The molecule has 1 aromatic carbocycles. The minimum Gasteiger partial charge on any atom is -0.310 e. The second-order valence-corrected chi connectivity index (χ2v) is 3.91. The average Bonchev–Trinajstić information content (AvgIpc) is 2.19.